The van der Waals surface area contributed by atoms with Crippen molar-refractivity contribution in [3.8, 4) is 5.75 Å². The van der Waals surface area contributed by atoms with E-state index in [-0.39, 0.29) is 12.1 Å². The summed E-state index contributed by atoms with van der Waals surface area (Å²) in [5.41, 5.74) is 3.08. The van der Waals surface area contributed by atoms with Crippen molar-refractivity contribution in [1.29, 1.82) is 0 Å². The van der Waals surface area contributed by atoms with Crippen molar-refractivity contribution in [3.05, 3.63) is 84.2 Å². The van der Waals surface area contributed by atoms with E-state index >= 15 is 0 Å². The van der Waals surface area contributed by atoms with Crippen LogP contribution in [0.15, 0.2) is 72.9 Å². The smallest absolute Gasteiger partial charge is 0.262 e. The molecule has 2 heterocycles. The van der Waals surface area contributed by atoms with Crippen molar-refractivity contribution in [2.45, 2.75) is 13.1 Å². The molecular weight excluding hydrogens is 326 g/mol. The molecule has 1 aliphatic heterocycles. The normalized spacial score (nSPS) is 15.7. The summed E-state index contributed by atoms with van der Waals surface area (Å²) in [6.45, 7) is 2.58. The quantitative estimate of drug-likeness (QED) is 0.751. The molecule has 0 spiro atoms. The molecule has 3 aromatic rings. The molecule has 1 N–H and O–H groups in total. The van der Waals surface area contributed by atoms with Crippen LogP contribution in [0, 0.1) is 0 Å². The van der Waals surface area contributed by atoms with Gasteiger partial charge in [-0.1, -0.05) is 18.2 Å². The van der Waals surface area contributed by atoms with E-state index in [0.717, 1.165) is 22.8 Å². The van der Waals surface area contributed by atoms with Gasteiger partial charge in [-0.05, 0) is 55.5 Å². The summed E-state index contributed by atoms with van der Waals surface area (Å²) >= 11 is 0. The Hall–Kier alpha value is -3.34. The summed E-state index contributed by atoms with van der Waals surface area (Å²) in [7, 11) is 0. The lowest BCUT2D eigenvalue weighted by atomic mass is 10.2. The van der Waals surface area contributed by atoms with Crippen LogP contribution >= 0.6 is 0 Å². The molecule has 5 nitrogen and oxygen atoms in total. The van der Waals surface area contributed by atoms with Crippen LogP contribution in [-0.2, 0) is 0 Å². The number of anilines is 2. The first-order valence-electron chi connectivity index (χ1n) is 8.61. The average molecular weight is 345 g/mol. The number of hydrogen-bond donors (Lipinski definition) is 1. The van der Waals surface area contributed by atoms with E-state index in [1.807, 2.05) is 67.6 Å². The SMILES string of the molecule is CCOc1ccc(N[C@@H]2c3ncccc3C(=O)N2c2ccccc2)cc1. The minimum absolute atomic E-state index is 0.0530. The van der Waals surface area contributed by atoms with Gasteiger partial charge < -0.3 is 10.1 Å². The Kier molecular flexibility index (Phi) is 4.27. The van der Waals surface area contributed by atoms with Gasteiger partial charge in [0.1, 0.15) is 5.75 Å². The molecule has 0 aliphatic carbocycles. The third kappa shape index (κ3) is 2.88. The van der Waals surface area contributed by atoms with Crippen molar-refractivity contribution in [2.24, 2.45) is 0 Å². The fourth-order valence-corrected chi connectivity index (χ4v) is 3.15. The van der Waals surface area contributed by atoms with Gasteiger partial charge in [0.25, 0.3) is 5.91 Å². The Bertz CT molecular complexity index is 910. The molecule has 130 valence electrons. The fraction of sp³-hybridized carbons (Fsp3) is 0.143. The number of benzene rings is 2. The molecule has 0 saturated heterocycles. The van der Waals surface area contributed by atoms with E-state index in [2.05, 4.69) is 10.3 Å². The fourth-order valence-electron chi connectivity index (χ4n) is 3.15. The number of carbonyl (C=O) groups excluding carboxylic acids is 1. The standard InChI is InChI=1S/C21H19N3O2/c1-2-26-17-12-10-15(11-13-17)23-20-19-18(9-6-14-22-19)21(25)24(20)16-7-4-3-5-8-16/h3-14,20,23H,2H2,1H3/t20-/m0/s1. The summed E-state index contributed by atoms with van der Waals surface area (Å²) in [5.74, 6) is 0.765. The van der Waals surface area contributed by atoms with Gasteiger partial charge in [0.15, 0.2) is 6.17 Å². The molecule has 0 fully saturated rings. The maximum Gasteiger partial charge on any atom is 0.262 e. The van der Waals surface area contributed by atoms with Crippen LogP contribution < -0.4 is 15.0 Å². The zero-order chi connectivity index (χ0) is 17.9. The Morgan fingerprint density at radius 3 is 2.54 bits per heavy atom. The van der Waals surface area contributed by atoms with Gasteiger partial charge in [0.2, 0.25) is 0 Å². The Balaban J connectivity index is 1.69. The average Bonchev–Trinajstić information content (AvgIpc) is 2.96. The number of pyridine rings is 1. The highest BCUT2D eigenvalue weighted by molar-refractivity contribution is 6.11. The van der Waals surface area contributed by atoms with Gasteiger partial charge in [-0.25, -0.2) is 0 Å². The van der Waals surface area contributed by atoms with Gasteiger partial charge >= 0.3 is 0 Å². The summed E-state index contributed by atoms with van der Waals surface area (Å²) in [5, 5.41) is 3.43. The summed E-state index contributed by atoms with van der Waals surface area (Å²) < 4.78 is 5.49. The molecule has 1 atom stereocenters. The molecule has 0 radical (unpaired) electrons. The number of hydrogen-bond acceptors (Lipinski definition) is 4. The first-order valence-corrected chi connectivity index (χ1v) is 8.61. The molecular formula is C21H19N3O2. The number of nitrogens with zero attached hydrogens (tertiary/aromatic N) is 2. The Morgan fingerprint density at radius 2 is 1.81 bits per heavy atom. The predicted octanol–water partition coefficient (Wildman–Crippen LogP) is 4.25. The van der Waals surface area contributed by atoms with Crippen LogP contribution in [-0.4, -0.2) is 17.5 Å². The molecule has 0 saturated carbocycles. The largest absolute Gasteiger partial charge is 0.494 e. The third-order valence-electron chi connectivity index (χ3n) is 4.31. The molecule has 1 aliphatic rings. The lowest BCUT2D eigenvalue weighted by Gasteiger charge is -2.26. The number of carbonyl (C=O) groups is 1. The number of para-hydroxylation sites is 1. The van der Waals surface area contributed by atoms with E-state index in [9.17, 15) is 4.79 Å². The van der Waals surface area contributed by atoms with Crippen molar-refractivity contribution in [3.63, 3.8) is 0 Å². The highest BCUT2D eigenvalue weighted by Gasteiger charge is 2.38. The van der Waals surface area contributed by atoms with E-state index < -0.39 is 0 Å². The van der Waals surface area contributed by atoms with Gasteiger partial charge in [-0.3, -0.25) is 14.7 Å². The van der Waals surface area contributed by atoms with Crippen molar-refractivity contribution >= 4 is 17.3 Å². The van der Waals surface area contributed by atoms with Gasteiger partial charge in [-0.15, -0.1) is 0 Å². The van der Waals surface area contributed by atoms with E-state index in [4.69, 9.17) is 4.74 Å². The maximum atomic E-state index is 13.0. The Labute approximate surface area is 152 Å². The second kappa shape index (κ2) is 6.88. The zero-order valence-electron chi connectivity index (χ0n) is 14.4. The van der Waals surface area contributed by atoms with Crippen molar-refractivity contribution in [1.82, 2.24) is 4.98 Å². The van der Waals surface area contributed by atoms with Crippen LogP contribution in [0.2, 0.25) is 0 Å². The van der Waals surface area contributed by atoms with Crippen LogP contribution in [0.25, 0.3) is 0 Å². The van der Waals surface area contributed by atoms with Crippen LogP contribution in [0.1, 0.15) is 29.1 Å². The number of ether oxygens (including phenoxy) is 1. The second-order valence-electron chi connectivity index (χ2n) is 5.95. The molecule has 1 aromatic heterocycles. The molecule has 2 aromatic carbocycles. The minimum atomic E-state index is -0.362. The van der Waals surface area contributed by atoms with E-state index in [0.29, 0.717) is 12.2 Å². The van der Waals surface area contributed by atoms with Gasteiger partial charge in [0, 0.05) is 17.6 Å². The molecule has 26 heavy (non-hydrogen) atoms. The number of rotatable bonds is 5. The Morgan fingerprint density at radius 1 is 1.04 bits per heavy atom. The van der Waals surface area contributed by atoms with Crippen LogP contribution in [0.5, 0.6) is 5.75 Å². The van der Waals surface area contributed by atoms with Gasteiger partial charge in [0.05, 0.1) is 17.9 Å². The molecule has 1 amide bonds. The summed E-state index contributed by atoms with van der Waals surface area (Å²) in [6, 6.07) is 21.0. The monoisotopic (exact) mass is 345 g/mol. The van der Waals surface area contributed by atoms with Crippen molar-refractivity contribution < 1.29 is 9.53 Å². The predicted molar refractivity (Wildman–Crippen MR) is 101 cm³/mol. The van der Waals surface area contributed by atoms with E-state index in [1.54, 1.807) is 17.2 Å². The maximum absolute atomic E-state index is 13.0. The highest BCUT2D eigenvalue weighted by atomic mass is 16.5. The second-order valence-corrected chi connectivity index (χ2v) is 5.95. The number of fused-ring (bicyclic) bond motifs is 1. The lowest BCUT2D eigenvalue weighted by Crippen LogP contribution is -2.32. The first kappa shape index (κ1) is 16.1. The number of nitrogens with one attached hydrogen (secondary N) is 1. The topological polar surface area (TPSA) is 54.5 Å². The number of amides is 1. The van der Waals surface area contributed by atoms with E-state index in [1.165, 1.54) is 0 Å². The number of aromatic nitrogens is 1. The highest BCUT2D eigenvalue weighted by Crippen LogP contribution is 2.36. The minimum Gasteiger partial charge on any atom is -0.494 e. The molecule has 5 heteroatoms. The summed E-state index contributed by atoms with van der Waals surface area (Å²) in [6.07, 6.45) is 1.35. The molecule has 0 unspecified atom stereocenters. The van der Waals surface area contributed by atoms with Gasteiger partial charge in [-0.2, -0.15) is 0 Å². The van der Waals surface area contributed by atoms with Crippen LogP contribution in [0.3, 0.4) is 0 Å². The molecule has 4 rings (SSSR count). The lowest BCUT2D eigenvalue weighted by molar-refractivity contribution is 0.0993. The summed E-state index contributed by atoms with van der Waals surface area (Å²) in [4.78, 5) is 19.2. The zero-order valence-corrected chi connectivity index (χ0v) is 14.4. The molecule has 0 bridgehead atoms. The first-order chi connectivity index (χ1) is 12.8. The van der Waals surface area contributed by atoms with Crippen molar-refractivity contribution in [2.75, 3.05) is 16.8 Å². The van der Waals surface area contributed by atoms with Crippen LogP contribution in [0.4, 0.5) is 11.4 Å². The third-order valence-corrected chi connectivity index (χ3v) is 4.31.